The van der Waals surface area contributed by atoms with Gasteiger partial charge in [0.05, 0.1) is 12.2 Å². The predicted molar refractivity (Wildman–Crippen MR) is 102 cm³/mol. The van der Waals surface area contributed by atoms with E-state index in [1.54, 1.807) is 24.3 Å². The van der Waals surface area contributed by atoms with Crippen LogP contribution in [0.4, 0.5) is 18.9 Å². The number of halogens is 4. The Bertz CT molecular complexity index is 1010. The van der Waals surface area contributed by atoms with E-state index >= 15 is 0 Å². The third-order valence-corrected chi connectivity index (χ3v) is 3.77. The summed E-state index contributed by atoms with van der Waals surface area (Å²) in [5, 5.41) is 7.00. The van der Waals surface area contributed by atoms with Crippen LogP contribution in [0, 0.1) is 0 Å². The lowest BCUT2D eigenvalue weighted by Gasteiger charge is -2.14. The molecule has 3 rings (SSSR count). The van der Waals surface area contributed by atoms with Crippen LogP contribution in [0.25, 0.3) is 11.4 Å². The highest BCUT2D eigenvalue weighted by Gasteiger charge is 2.32. The van der Waals surface area contributed by atoms with E-state index in [1.807, 2.05) is 0 Å². The van der Waals surface area contributed by atoms with Gasteiger partial charge in [-0.05, 0) is 24.3 Å². The average Bonchev–Trinajstić information content (AvgIpc) is 3.11. The van der Waals surface area contributed by atoms with Crippen LogP contribution >= 0.6 is 11.6 Å². The summed E-state index contributed by atoms with van der Waals surface area (Å²) in [5.74, 6) is 0.215. The molecule has 0 fully saturated rings. The highest BCUT2D eigenvalue weighted by Crippen LogP contribution is 2.29. The SMILES string of the molecule is NC(=NCCc1nc(-c2cccc(Cl)c2)no1)Nc1ccccc1OC(F)(F)F. The Morgan fingerprint density at radius 1 is 1.21 bits per heavy atom. The summed E-state index contributed by atoms with van der Waals surface area (Å²) in [6.07, 6.45) is -4.53. The number of guanidine groups is 1. The fourth-order valence-corrected chi connectivity index (χ4v) is 2.52. The van der Waals surface area contributed by atoms with Gasteiger partial charge in [-0.3, -0.25) is 4.99 Å². The summed E-state index contributed by atoms with van der Waals surface area (Å²) in [4.78, 5) is 8.29. The lowest BCUT2D eigenvalue weighted by molar-refractivity contribution is -0.274. The molecular weight excluding hydrogens is 411 g/mol. The van der Waals surface area contributed by atoms with Gasteiger partial charge in [0.2, 0.25) is 11.7 Å². The Hall–Kier alpha value is -3.27. The highest BCUT2D eigenvalue weighted by atomic mass is 35.5. The maximum Gasteiger partial charge on any atom is 0.573 e. The first-order valence-corrected chi connectivity index (χ1v) is 8.68. The van der Waals surface area contributed by atoms with E-state index in [1.165, 1.54) is 24.3 Å². The minimum Gasteiger partial charge on any atom is -0.404 e. The van der Waals surface area contributed by atoms with Crippen molar-refractivity contribution in [2.45, 2.75) is 12.8 Å². The molecule has 3 aromatic rings. The van der Waals surface area contributed by atoms with Gasteiger partial charge in [0.15, 0.2) is 11.7 Å². The second kappa shape index (κ2) is 8.82. The Morgan fingerprint density at radius 2 is 2.00 bits per heavy atom. The Kier molecular flexibility index (Phi) is 6.23. The van der Waals surface area contributed by atoms with Gasteiger partial charge in [-0.15, -0.1) is 13.2 Å². The maximum absolute atomic E-state index is 12.5. The van der Waals surface area contributed by atoms with Crippen LogP contribution in [0.2, 0.25) is 5.02 Å². The van der Waals surface area contributed by atoms with Crippen molar-refractivity contribution in [1.29, 1.82) is 0 Å². The fraction of sp³-hybridized carbons (Fsp3) is 0.167. The number of nitrogens with one attached hydrogen (secondary N) is 1. The molecule has 0 radical (unpaired) electrons. The van der Waals surface area contributed by atoms with E-state index in [2.05, 4.69) is 25.2 Å². The van der Waals surface area contributed by atoms with Crippen molar-refractivity contribution in [1.82, 2.24) is 10.1 Å². The molecule has 0 saturated heterocycles. The van der Waals surface area contributed by atoms with E-state index in [0.717, 1.165) is 0 Å². The minimum absolute atomic E-state index is 0.0344. The zero-order valence-electron chi connectivity index (χ0n) is 14.8. The molecule has 152 valence electrons. The van der Waals surface area contributed by atoms with Gasteiger partial charge in [0, 0.05) is 17.0 Å². The van der Waals surface area contributed by atoms with Gasteiger partial charge in [-0.2, -0.15) is 4.98 Å². The molecule has 0 aliphatic heterocycles. The smallest absolute Gasteiger partial charge is 0.404 e. The Labute approximate surface area is 168 Å². The first-order chi connectivity index (χ1) is 13.8. The zero-order chi connectivity index (χ0) is 20.9. The quantitative estimate of drug-likeness (QED) is 0.452. The predicted octanol–water partition coefficient (Wildman–Crippen LogP) is 4.26. The van der Waals surface area contributed by atoms with Crippen LogP contribution in [0.1, 0.15) is 5.89 Å². The molecule has 29 heavy (non-hydrogen) atoms. The first kappa shape index (κ1) is 20.5. The van der Waals surface area contributed by atoms with Gasteiger partial charge in [-0.1, -0.05) is 41.0 Å². The van der Waals surface area contributed by atoms with Gasteiger partial charge in [0.25, 0.3) is 0 Å². The van der Waals surface area contributed by atoms with E-state index in [0.29, 0.717) is 22.3 Å². The van der Waals surface area contributed by atoms with Crippen molar-refractivity contribution in [3.05, 3.63) is 59.4 Å². The number of rotatable bonds is 6. The van der Waals surface area contributed by atoms with Crippen molar-refractivity contribution in [3.8, 4) is 17.1 Å². The number of anilines is 1. The second-order valence-corrected chi connectivity index (χ2v) is 6.14. The number of benzene rings is 2. The van der Waals surface area contributed by atoms with Crippen molar-refractivity contribution in [2.75, 3.05) is 11.9 Å². The molecule has 0 bridgehead atoms. The third kappa shape index (κ3) is 6.11. The molecule has 7 nitrogen and oxygen atoms in total. The molecule has 0 unspecified atom stereocenters. The Morgan fingerprint density at radius 3 is 2.76 bits per heavy atom. The van der Waals surface area contributed by atoms with Crippen LogP contribution in [0.5, 0.6) is 5.75 Å². The first-order valence-electron chi connectivity index (χ1n) is 8.30. The number of para-hydroxylation sites is 2. The number of aliphatic imine (C=N–C) groups is 1. The largest absolute Gasteiger partial charge is 0.573 e. The van der Waals surface area contributed by atoms with Crippen LogP contribution in [0.15, 0.2) is 58.0 Å². The van der Waals surface area contributed by atoms with Gasteiger partial charge < -0.3 is 20.3 Å². The van der Waals surface area contributed by atoms with E-state index in [-0.39, 0.29) is 24.6 Å². The summed E-state index contributed by atoms with van der Waals surface area (Å²) in [5.41, 5.74) is 6.48. The van der Waals surface area contributed by atoms with Gasteiger partial charge in [0.1, 0.15) is 0 Å². The van der Waals surface area contributed by atoms with Crippen molar-refractivity contribution in [3.63, 3.8) is 0 Å². The number of nitrogens with two attached hydrogens (primary N) is 1. The molecular formula is C18H15ClF3N5O2. The van der Waals surface area contributed by atoms with Crippen LogP contribution in [0.3, 0.4) is 0 Å². The number of hydrogen-bond acceptors (Lipinski definition) is 5. The summed E-state index contributed by atoms with van der Waals surface area (Å²) in [6, 6.07) is 12.5. The summed E-state index contributed by atoms with van der Waals surface area (Å²) >= 11 is 5.94. The number of nitrogens with zero attached hydrogens (tertiary/aromatic N) is 3. The monoisotopic (exact) mass is 425 g/mol. The molecule has 1 heterocycles. The molecule has 0 spiro atoms. The van der Waals surface area contributed by atoms with Crippen LogP contribution in [-0.4, -0.2) is 29.0 Å². The maximum atomic E-state index is 12.5. The molecule has 0 amide bonds. The summed E-state index contributed by atoms with van der Waals surface area (Å²) in [7, 11) is 0. The zero-order valence-corrected chi connectivity index (χ0v) is 15.5. The lowest BCUT2D eigenvalue weighted by atomic mass is 10.2. The second-order valence-electron chi connectivity index (χ2n) is 5.71. The fourth-order valence-electron chi connectivity index (χ4n) is 2.33. The van der Waals surface area contributed by atoms with E-state index < -0.39 is 12.1 Å². The molecule has 2 aromatic carbocycles. The topological polar surface area (TPSA) is 98.6 Å². The molecule has 3 N–H and O–H groups in total. The summed E-state index contributed by atoms with van der Waals surface area (Å²) in [6.45, 7) is 0.179. The van der Waals surface area contributed by atoms with Crippen molar-refractivity contribution < 1.29 is 22.4 Å². The molecule has 0 saturated carbocycles. The minimum atomic E-state index is -4.82. The molecule has 11 heteroatoms. The van der Waals surface area contributed by atoms with Crippen LogP contribution < -0.4 is 15.8 Å². The highest BCUT2D eigenvalue weighted by molar-refractivity contribution is 6.30. The van der Waals surface area contributed by atoms with Gasteiger partial charge in [-0.25, -0.2) is 0 Å². The van der Waals surface area contributed by atoms with Crippen LogP contribution in [-0.2, 0) is 6.42 Å². The molecule has 0 aliphatic carbocycles. The molecule has 0 atom stereocenters. The van der Waals surface area contributed by atoms with E-state index in [4.69, 9.17) is 21.9 Å². The van der Waals surface area contributed by atoms with E-state index in [9.17, 15) is 13.2 Å². The lowest BCUT2D eigenvalue weighted by Crippen LogP contribution is -2.24. The number of aromatic nitrogens is 2. The van der Waals surface area contributed by atoms with Gasteiger partial charge >= 0.3 is 6.36 Å². The number of hydrogen-bond donors (Lipinski definition) is 2. The molecule has 0 aliphatic rings. The normalized spacial score (nSPS) is 12.1. The number of ether oxygens (including phenoxy) is 1. The number of alkyl halides is 3. The average molecular weight is 426 g/mol. The van der Waals surface area contributed by atoms with Crippen molar-refractivity contribution >= 4 is 23.2 Å². The third-order valence-electron chi connectivity index (χ3n) is 3.53. The summed E-state index contributed by atoms with van der Waals surface area (Å²) < 4.78 is 46.5. The standard InChI is InChI=1S/C18H15ClF3N5O2/c19-12-5-3-4-11(10-12)16-26-15(29-27-16)8-9-24-17(23)25-13-6-1-2-7-14(13)28-18(20,21)22/h1-7,10H,8-9H2,(H3,23,24,25). The Balaban J connectivity index is 1.59. The molecule has 1 aromatic heterocycles. The van der Waals surface area contributed by atoms with Crippen molar-refractivity contribution in [2.24, 2.45) is 10.7 Å².